The molecule has 0 atom stereocenters. The predicted octanol–water partition coefficient (Wildman–Crippen LogP) is 18.7. The molecule has 0 N–H and O–H groups in total. The lowest BCUT2D eigenvalue weighted by molar-refractivity contribution is 0.669. The zero-order valence-electron chi connectivity index (χ0n) is 38.0. The number of aromatic nitrogens is 1. The molecular weight excluding hydrogens is 853 g/mol. The maximum Gasteiger partial charge on any atom is 0.143 e. The highest BCUT2D eigenvalue weighted by molar-refractivity contribution is 6.11. The van der Waals surface area contributed by atoms with Crippen LogP contribution in [0.4, 0.5) is 17.1 Å². The molecule has 3 heterocycles. The number of fused-ring (bicyclic) bond motifs is 9. The van der Waals surface area contributed by atoms with E-state index in [1.807, 2.05) is 24.3 Å². The van der Waals surface area contributed by atoms with Crippen molar-refractivity contribution in [1.82, 2.24) is 4.57 Å². The largest absolute Gasteiger partial charge is 0.456 e. The molecule has 3 aromatic heterocycles. The minimum atomic E-state index is 0.897. The van der Waals surface area contributed by atoms with E-state index in [9.17, 15) is 0 Å². The molecule has 0 aliphatic rings. The Bertz CT molecular complexity index is 4230. The van der Waals surface area contributed by atoms with Gasteiger partial charge >= 0.3 is 0 Å². The standard InChI is InChI=1S/C66H42N2O2/c1-5-22-61-55(16-1)56-17-2-6-23-62(56)68(61)53-15-10-13-47(41-53)44-28-35-51(36-29-44)67(52-37-30-45(31-38-52)48-32-39-65-60(42-48)58-19-4-7-24-63(58)69-65)50-33-26-43(27-34-50)46-12-9-14-49(40-46)54-20-11-21-59-57-18-3-8-25-64(57)70-66(54)59/h1-42H. The first-order valence-electron chi connectivity index (χ1n) is 23.8. The zero-order chi connectivity index (χ0) is 46.1. The minimum absolute atomic E-state index is 0.897. The maximum atomic E-state index is 6.44. The first kappa shape index (κ1) is 39.8. The molecule has 0 unspecified atom stereocenters. The smallest absolute Gasteiger partial charge is 0.143 e. The second-order valence-corrected chi connectivity index (χ2v) is 18.1. The van der Waals surface area contributed by atoms with Gasteiger partial charge in [-0.25, -0.2) is 0 Å². The van der Waals surface area contributed by atoms with Crippen LogP contribution in [0.5, 0.6) is 0 Å². The monoisotopic (exact) mass is 894 g/mol. The summed E-state index contributed by atoms with van der Waals surface area (Å²) in [6.45, 7) is 0. The molecule has 0 spiro atoms. The van der Waals surface area contributed by atoms with Crippen molar-refractivity contribution in [3.05, 3.63) is 255 Å². The molecular formula is C66H42N2O2. The van der Waals surface area contributed by atoms with Crippen LogP contribution in [0.25, 0.3) is 116 Å². The zero-order valence-corrected chi connectivity index (χ0v) is 38.0. The van der Waals surface area contributed by atoms with Gasteiger partial charge in [0.15, 0.2) is 0 Å². The average molecular weight is 895 g/mol. The normalized spacial score (nSPS) is 11.7. The van der Waals surface area contributed by atoms with Gasteiger partial charge in [0.2, 0.25) is 0 Å². The second kappa shape index (κ2) is 16.2. The summed E-state index contributed by atoms with van der Waals surface area (Å²) >= 11 is 0. The van der Waals surface area contributed by atoms with Crippen LogP contribution in [-0.2, 0) is 0 Å². The van der Waals surface area contributed by atoms with Crippen molar-refractivity contribution in [1.29, 1.82) is 0 Å². The number of anilines is 3. The molecule has 0 saturated carbocycles. The number of nitrogens with zero attached hydrogens (tertiary/aromatic N) is 2. The van der Waals surface area contributed by atoms with Gasteiger partial charge in [0, 0.05) is 60.6 Å². The fourth-order valence-corrected chi connectivity index (χ4v) is 10.6. The summed E-state index contributed by atoms with van der Waals surface area (Å²) in [5.41, 5.74) is 19.4. The van der Waals surface area contributed by atoms with E-state index >= 15 is 0 Å². The topological polar surface area (TPSA) is 34.5 Å². The Kier molecular flexibility index (Phi) is 9.17. The van der Waals surface area contributed by atoms with E-state index in [0.717, 1.165) is 111 Å². The van der Waals surface area contributed by atoms with Crippen LogP contribution in [0.3, 0.4) is 0 Å². The van der Waals surface area contributed by atoms with Gasteiger partial charge in [0.05, 0.1) is 11.0 Å². The summed E-state index contributed by atoms with van der Waals surface area (Å²) in [7, 11) is 0. The number of furan rings is 2. The number of para-hydroxylation sites is 5. The Hall–Kier alpha value is -9.38. The molecule has 4 heteroatoms. The van der Waals surface area contributed by atoms with Crippen molar-refractivity contribution in [2.24, 2.45) is 0 Å². The summed E-state index contributed by atoms with van der Waals surface area (Å²) in [4.78, 5) is 2.34. The van der Waals surface area contributed by atoms with Gasteiger partial charge in [-0.2, -0.15) is 0 Å². The lowest BCUT2D eigenvalue weighted by Gasteiger charge is -2.26. The van der Waals surface area contributed by atoms with Crippen molar-refractivity contribution >= 4 is 82.7 Å². The predicted molar refractivity (Wildman–Crippen MR) is 292 cm³/mol. The van der Waals surface area contributed by atoms with Gasteiger partial charge in [-0.3, -0.25) is 0 Å². The Morgan fingerprint density at radius 3 is 1.34 bits per heavy atom. The number of hydrogen-bond acceptors (Lipinski definition) is 3. The van der Waals surface area contributed by atoms with E-state index in [4.69, 9.17) is 8.83 Å². The molecule has 0 saturated heterocycles. The lowest BCUT2D eigenvalue weighted by Crippen LogP contribution is -2.09. The van der Waals surface area contributed by atoms with Crippen LogP contribution in [0, 0.1) is 0 Å². The Morgan fingerprint density at radius 2 is 0.714 bits per heavy atom. The van der Waals surface area contributed by atoms with Gasteiger partial charge in [-0.1, -0.05) is 164 Å². The fourth-order valence-electron chi connectivity index (χ4n) is 10.6. The van der Waals surface area contributed by atoms with Crippen molar-refractivity contribution in [3.8, 4) is 50.2 Å². The molecule has 0 fully saturated rings. The van der Waals surface area contributed by atoms with E-state index in [-0.39, 0.29) is 0 Å². The third-order valence-electron chi connectivity index (χ3n) is 14.0. The summed E-state index contributed by atoms with van der Waals surface area (Å²) < 4.78 is 15.0. The maximum absolute atomic E-state index is 6.44. The van der Waals surface area contributed by atoms with Crippen molar-refractivity contribution < 1.29 is 8.83 Å². The summed E-state index contributed by atoms with van der Waals surface area (Å²) in [6.07, 6.45) is 0. The fraction of sp³-hybridized carbons (Fsp3) is 0. The van der Waals surface area contributed by atoms with Crippen LogP contribution in [0.2, 0.25) is 0 Å². The van der Waals surface area contributed by atoms with Gasteiger partial charge in [0.1, 0.15) is 22.3 Å². The minimum Gasteiger partial charge on any atom is -0.456 e. The van der Waals surface area contributed by atoms with Crippen molar-refractivity contribution in [3.63, 3.8) is 0 Å². The lowest BCUT2D eigenvalue weighted by atomic mass is 9.97. The summed E-state index contributed by atoms with van der Waals surface area (Å²) in [6, 6.07) is 91.2. The third kappa shape index (κ3) is 6.61. The van der Waals surface area contributed by atoms with Gasteiger partial charge in [-0.15, -0.1) is 0 Å². The first-order chi connectivity index (χ1) is 34.7. The molecule has 14 rings (SSSR count). The highest BCUT2D eigenvalue weighted by Gasteiger charge is 2.18. The molecule has 0 radical (unpaired) electrons. The number of rotatable bonds is 8. The van der Waals surface area contributed by atoms with Gasteiger partial charge < -0.3 is 18.3 Å². The molecule has 0 aliphatic heterocycles. The van der Waals surface area contributed by atoms with Crippen molar-refractivity contribution in [2.45, 2.75) is 0 Å². The molecule has 4 nitrogen and oxygen atoms in total. The van der Waals surface area contributed by atoms with Gasteiger partial charge in [0.25, 0.3) is 0 Å². The van der Waals surface area contributed by atoms with Crippen LogP contribution in [0.1, 0.15) is 0 Å². The van der Waals surface area contributed by atoms with Gasteiger partial charge in [-0.05, 0) is 130 Å². The molecule has 14 aromatic rings. The highest BCUT2D eigenvalue weighted by Crippen LogP contribution is 2.41. The third-order valence-corrected chi connectivity index (χ3v) is 14.0. The van der Waals surface area contributed by atoms with E-state index in [0.29, 0.717) is 0 Å². The number of hydrogen-bond donors (Lipinski definition) is 0. The molecule has 11 aromatic carbocycles. The molecule has 0 aliphatic carbocycles. The Balaban J connectivity index is 0.827. The van der Waals surface area contributed by atoms with Crippen LogP contribution < -0.4 is 4.90 Å². The molecule has 328 valence electrons. The average Bonchev–Trinajstić information content (AvgIpc) is 4.11. The Morgan fingerprint density at radius 1 is 0.271 bits per heavy atom. The van der Waals surface area contributed by atoms with Crippen LogP contribution in [-0.4, -0.2) is 4.57 Å². The van der Waals surface area contributed by atoms with Crippen molar-refractivity contribution in [2.75, 3.05) is 4.90 Å². The Labute approximate surface area is 404 Å². The van der Waals surface area contributed by atoms with Crippen LogP contribution >= 0.6 is 0 Å². The summed E-state index contributed by atoms with van der Waals surface area (Å²) in [5, 5.41) is 7.03. The highest BCUT2D eigenvalue weighted by atomic mass is 16.3. The molecule has 0 amide bonds. The quantitative estimate of drug-likeness (QED) is 0.152. The van der Waals surface area contributed by atoms with E-state index in [1.165, 1.54) is 21.8 Å². The summed E-state index contributed by atoms with van der Waals surface area (Å²) in [5.74, 6) is 0. The second-order valence-electron chi connectivity index (χ2n) is 18.1. The van der Waals surface area contributed by atoms with E-state index in [1.54, 1.807) is 0 Å². The molecule has 70 heavy (non-hydrogen) atoms. The van der Waals surface area contributed by atoms with E-state index < -0.39 is 0 Å². The first-order valence-corrected chi connectivity index (χ1v) is 23.8. The van der Waals surface area contributed by atoms with Crippen LogP contribution in [0.15, 0.2) is 264 Å². The van der Waals surface area contributed by atoms with E-state index in [2.05, 4.69) is 240 Å². The molecule has 0 bridgehead atoms. The number of benzene rings is 11. The SMILES string of the molecule is c1cc(-c2ccc(N(c3ccc(-c4cccc(-n5c6ccccc6c6ccccc65)c4)cc3)c3ccc(-c4ccc5oc6ccccc6c5c4)cc3)cc2)cc(-c2cccc3c2oc2ccccc23)c1.